The molecular formula is C22H25F3N8O. The second kappa shape index (κ2) is 8.12. The van der Waals surface area contributed by atoms with E-state index in [-0.39, 0.29) is 11.7 Å². The van der Waals surface area contributed by atoms with Crippen molar-refractivity contribution in [1.29, 1.82) is 0 Å². The van der Waals surface area contributed by atoms with E-state index in [9.17, 15) is 18.3 Å². The molecule has 0 bridgehead atoms. The Morgan fingerprint density at radius 2 is 1.94 bits per heavy atom. The molecule has 1 aliphatic rings. The molecular weight excluding hydrogens is 449 g/mol. The topological polar surface area (TPSA) is 105 Å². The molecule has 34 heavy (non-hydrogen) atoms. The predicted octanol–water partition coefficient (Wildman–Crippen LogP) is 3.69. The maximum atomic E-state index is 13.0. The van der Waals surface area contributed by atoms with Crippen molar-refractivity contribution in [3.05, 3.63) is 36.3 Å². The van der Waals surface area contributed by atoms with Gasteiger partial charge in [0.05, 0.1) is 29.6 Å². The smallest absolute Gasteiger partial charge is 0.390 e. The molecule has 4 aromatic rings. The zero-order valence-corrected chi connectivity index (χ0v) is 18.8. The molecule has 0 unspecified atom stereocenters. The normalized spacial score (nSPS) is 21.3. The van der Waals surface area contributed by atoms with E-state index < -0.39 is 18.2 Å². The molecule has 0 saturated heterocycles. The van der Waals surface area contributed by atoms with Gasteiger partial charge in [-0.1, -0.05) is 0 Å². The minimum absolute atomic E-state index is 0.0316. The maximum Gasteiger partial charge on any atom is 0.394 e. The van der Waals surface area contributed by atoms with Crippen molar-refractivity contribution in [1.82, 2.24) is 29.2 Å². The summed E-state index contributed by atoms with van der Waals surface area (Å²) in [5.74, 6) is 1.01. The maximum absolute atomic E-state index is 13.0. The Morgan fingerprint density at radius 3 is 2.65 bits per heavy atom. The van der Waals surface area contributed by atoms with Crippen LogP contribution in [0.2, 0.25) is 0 Å². The van der Waals surface area contributed by atoms with Crippen LogP contribution in [-0.2, 0) is 6.42 Å². The molecule has 0 spiro atoms. The fourth-order valence-corrected chi connectivity index (χ4v) is 4.42. The summed E-state index contributed by atoms with van der Waals surface area (Å²) in [5.41, 5.74) is 1.50. The Morgan fingerprint density at radius 1 is 1.18 bits per heavy atom. The number of imidazole rings is 1. The van der Waals surface area contributed by atoms with Crippen LogP contribution in [0.1, 0.15) is 38.3 Å². The van der Waals surface area contributed by atoms with Gasteiger partial charge in [-0.3, -0.25) is 0 Å². The highest BCUT2D eigenvalue weighted by Gasteiger charge is 2.30. The summed E-state index contributed by atoms with van der Waals surface area (Å²) in [7, 11) is 1.74. The van der Waals surface area contributed by atoms with Gasteiger partial charge in [-0.15, -0.1) is 5.10 Å². The van der Waals surface area contributed by atoms with Gasteiger partial charge in [0.15, 0.2) is 11.5 Å². The molecule has 180 valence electrons. The van der Waals surface area contributed by atoms with Crippen LogP contribution in [0.4, 0.5) is 24.9 Å². The van der Waals surface area contributed by atoms with Crippen molar-refractivity contribution in [2.75, 3.05) is 17.7 Å². The number of aliphatic hydroxyl groups is 1. The van der Waals surface area contributed by atoms with Crippen LogP contribution < -0.4 is 10.6 Å². The summed E-state index contributed by atoms with van der Waals surface area (Å²) >= 11 is 0. The van der Waals surface area contributed by atoms with E-state index in [1.54, 1.807) is 36.0 Å². The molecule has 0 amide bonds. The lowest BCUT2D eigenvalue weighted by Gasteiger charge is -2.33. The Kier molecular flexibility index (Phi) is 5.34. The minimum Gasteiger partial charge on any atom is -0.390 e. The minimum atomic E-state index is -4.36. The van der Waals surface area contributed by atoms with Gasteiger partial charge >= 0.3 is 6.18 Å². The van der Waals surface area contributed by atoms with Crippen molar-refractivity contribution in [3.63, 3.8) is 0 Å². The average Bonchev–Trinajstić information content (AvgIpc) is 3.37. The number of anilines is 2. The number of halogens is 3. The number of hydrogen-bond donors (Lipinski definition) is 3. The van der Waals surface area contributed by atoms with Crippen molar-refractivity contribution in [3.8, 4) is 11.3 Å². The van der Waals surface area contributed by atoms with Gasteiger partial charge in [-0.25, -0.2) is 14.0 Å². The molecule has 5 rings (SSSR count). The zero-order valence-electron chi connectivity index (χ0n) is 18.8. The molecule has 0 aliphatic heterocycles. The van der Waals surface area contributed by atoms with Gasteiger partial charge < -0.3 is 15.7 Å². The third-order valence-corrected chi connectivity index (χ3v) is 6.23. The summed E-state index contributed by atoms with van der Waals surface area (Å²) in [6.45, 7) is 1.85. The van der Waals surface area contributed by atoms with E-state index >= 15 is 0 Å². The number of fused-ring (bicyclic) bond motifs is 2. The van der Waals surface area contributed by atoms with Gasteiger partial charge in [0.2, 0.25) is 5.95 Å². The first kappa shape index (κ1) is 22.4. The number of nitrogens with one attached hydrogen (secondary N) is 2. The van der Waals surface area contributed by atoms with Gasteiger partial charge in [0.25, 0.3) is 0 Å². The molecule has 1 saturated carbocycles. The molecule has 4 heterocycles. The molecule has 1 fully saturated rings. The number of rotatable bonds is 5. The van der Waals surface area contributed by atoms with Gasteiger partial charge in [-0.2, -0.15) is 23.3 Å². The molecule has 9 nitrogen and oxygen atoms in total. The fraction of sp³-hybridized carbons (Fsp3) is 0.455. The van der Waals surface area contributed by atoms with Crippen molar-refractivity contribution >= 4 is 22.9 Å². The quantitative estimate of drug-likeness (QED) is 0.405. The summed E-state index contributed by atoms with van der Waals surface area (Å²) < 4.78 is 41.8. The number of hydrogen-bond acceptors (Lipinski definition) is 7. The molecule has 0 aromatic carbocycles. The molecule has 12 heteroatoms. The number of alkyl halides is 3. The van der Waals surface area contributed by atoms with Crippen molar-refractivity contribution in [2.24, 2.45) is 0 Å². The number of nitrogens with zero attached hydrogens (tertiary/aromatic N) is 6. The molecule has 3 N–H and O–H groups in total. The van der Waals surface area contributed by atoms with Gasteiger partial charge in [-0.05, 0) is 50.8 Å². The Balaban J connectivity index is 1.49. The largest absolute Gasteiger partial charge is 0.394 e. The van der Waals surface area contributed by atoms with Crippen LogP contribution in [0, 0.1) is 0 Å². The standard InChI is InChI=1S/C22H25F3N8O/c1-21(34)8-5-13(6-9-21)28-20-29-19(26-2)18-15(7-10-32(18)31-20)16-3-4-17-27-12-14(33(17)30-16)11-22(23,24)25/h3-4,7,10,12-13,34H,5-6,8-9,11H2,1-2H3,(H2,26,28,29,31). The van der Waals surface area contributed by atoms with Crippen LogP contribution in [0.3, 0.4) is 0 Å². The lowest BCUT2D eigenvalue weighted by molar-refractivity contribution is -0.128. The third kappa shape index (κ3) is 4.37. The van der Waals surface area contributed by atoms with E-state index in [1.807, 2.05) is 6.92 Å². The third-order valence-electron chi connectivity index (χ3n) is 6.23. The lowest BCUT2D eigenvalue weighted by Crippen LogP contribution is -2.36. The first-order valence-electron chi connectivity index (χ1n) is 11.1. The van der Waals surface area contributed by atoms with E-state index in [2.05, 4.69) is 30.8 Å². The molecule has 0 atom stereocenters. The zero-order chi connectivity index (χ0) is 24.1. The summed E-state index contributed by atoms with van der Waals surface area (Å²) in [4.78, 5) is 8.65. The molecule has 1 aliphatic carbocycles. The Labute approximate surface area is 193 Å². The molecule has 4 aromatic heterocycles. The van der Waals surface area contributed by atoms with E-state index in [0.717, 1.165) is 12.8 Å². The van der Waals surface area contributed by atoms with E-state index in [4.69, 9.17) is 0 Å². The lowest BCUT2D eigenvalue weighted by atomic mass is 9.84. The highest BCUT2D eigenvalue weighted by Crippen LogP contribution is 2.32. The first-order valence-corrected chi connectivity index (χ1v) is 11.1. The summed E-state index contributed by atoms with van der Waals surface area (Å²) in [6, 6.07) is 5.32. The monoisotopic (exact) mass is 474 g/mol. The van der Waals surface area contributed by atoms with Crippen LogP contribution in [-0.4, -0.2) is 59.2 Å². The number of aromatic nitrogens is 6. The summed E-state index contributed by atoms with van der Waals surface area (Å²) in [6.07, 6.45) is 0.530. The molecule has 0 radical (unpaired) electrons. The van der Waals surface area contributed by atoms with E-state index in [1.165, 1.54) is 10.7 Å². The van der Waals surface area contributed by atoms with Crippen molar-refractivity contribution in [2.45, 2.75) is 56.8 Å². The summed E-state index contributed by atoms with van der Waals surface area (Å²) in [5, 5.41) is 25.6. The van der Waals surface area contributed by atoms with Crippen LogP contribution in [0.15, 0.2) is 30.6 Å². The Bertz CT molecular complexity index is 1330. The van der Waals surface area contributed by atoms with Crippen LogP contribution in [0.25, 0.3) is 22.4 Å². The van der Waals surface area contributed by atoms with Crippen LogP contribution in [0.5, 0.6) is 0 Å². The fourth-order valence-electron chi connectivity index (χ4n) is 4.42. The second-order valence-electron chi connectivity index (χ2n) is 9.00. The highest BCUT2D eigenvalue weighted by atomic mass is 19.4. The second-order valence-corrected chi connectivity index (χ2v) is 9.00. The average molecular weight is 474 g/mol. The first-order chi connectivity index (χ1) is 16.1. The van der Waals surface area contributed by atoms with Gasteiger partial charge in [0.1, 0.15) is 5.52 Å². The van der Waals surface area contributed by atoms with E-state index in [0.29, 0.717) is 47.0 Å². The Hall–Kier alpha value is -3.41. The van der Waals surface area contributed by atoms with Gasteiger partial charge in [0, 0.05) is 24.8 Å². The van der Waals surface area contributed by atoms with Crippen molar-refractivity contribution < 1.29 is 18.3 Å². The highest BCUT2D eigenvalue weighted by molar-refractivity contribution is 5.87. The SMILES string of the molecule is CNc1nc(NC2CCC(C)(O)CC2)nn2ccc(-c3ccc4ncc(CC(F)(F)F)n4n3)c12. The van der Waals surface area contributed by atoms with Crippen LogP contribution >= 0.6 is 0 Å². The predicted molar refractivity (Wildman–Crippen MR) is 121 cm³/mol.